The molecule has 3 aromatic rings. The predicted molar refractivity (Wildman–Crippen MR) is 123 cm³/mol. The van der Waals surface area contributed by atoms with Crippen LogP contribution >= 0.6 is 11.6 Å². The highest BCUT2D eigenvalue weighted by atomic mass is 35.5. The molecule has 2 N–H and O–H groups in total. The lowest BCUT2D eigenvalue weighted by atomic mass is 9.99. The number of nitrogens with one attached hydrogen (secondary N) is 1. The number of benzene rings is 3. The number of aryl methyl sites for hydroxylation is 1. The summed E-state index contributed by atoms with van der Waals surface area (Å²) in [5, 5.41) is 24.5. The van der Waals surface area contributed by atoms with Crippen LogP contribution in [0.2, 0.25) is 5.02 Å². The Kier molecular flexibility index (Phi) is 8.16. The molecule has 0 bridgehead atoms. The number of halogens is 2. The zero-order valence-electron chi connectivity index (χ0n) is 17.6. The number of nitro groups is 1. The molecule has 0 aliphatic carbocycles. The van der Waals surface area contributed by atoms with E-state index < -0.39 is 16.8 Å². The monoisotopic (exact) mass is 458 g/mol. The Balaban J connectivity index is 1.41. The van der Waals surface area contributed by atoms with Gasteiger partial charge in [0.05, 0.1) is 11.0 Å². The summed E-state index contributed by atoms with van der Waals surface area (Å²) in [6.45, 7) is 2.84. The minimum absolute atomic E-state index is 0.130. The third-order valence-corrected chi connectivity index (χ3v) is 5.23. The molecular weight excluding hydrogens is 435 g/mol. The van der Waals surface area contributed by atoms with Gasteiger partial charge in [-0.25, -0.2) is 4.39 Å². The van der Waals surface area contributed by atoms with Crippen molar-refractivity contribution in [1.82, 2.24) is 5.32 Å². The molecule has 0 aliphatic rings. The molecule has 0 heterocycles. The van der Waals surface area contributed by atoms with Crippen molar-refractivity contribution in [1.29, 1.82) is 0 Å². The van der Waals surface area contributed by atoms with Crippen LogP contribution in [0.5, 0.6) is 5.75 Å². The number of aliphatic hydroxyl groups excluding tert-OH is 1. The molecule has 0 fully saturated rings. The normalized spacial score (nSPS) is 11.9. The van der Waals surface area contributed by atoms with Gasteiger partial charge < -0.3 is 15.2 Å². The van der Waals surface area contributed by atoms with Gasteiger partial charge in [0.2, 0.25) is 0 Å². The molecule has 168 valence electrons. The second-order valence-corrected chi connectivity index (χ2v) is 7.88. The van der Waals surface area contributed by atoms with Gasteiger partial charge in [0, 0.05) is 17.6 Å². The Morgan fingerprint density at radius 1 is 1.16 bits per heavy atom. The van der Waals surface area contributed by atoms with E-state index in [1.54, 1.807) is 0 Å². The predicted octanol–water partition coefficient (Wildman–Crippen LogP) is 4.93. The van der Waals surface area contributed by atoms with E-state index in [-0.39, 0.29) is 24.6 Å². The van der Waals surface area contributed by atoms with Crippen molar-refractivity contribution in [2.45, 2.75) is 19.4 Å². The van der Waals surface area contributed by atoms with Gasteiger partial charge in [-0.15, -0.1) is 0 Å². The molecule has 8 heteroatoms. The Morgan fingerprint density at radius 2 is 1.91 bits per heavy atom. The first-order valence-corrected chi connectivity index (χ1v) is 10.5. The average Bonchev–Trinajstić information content (AvgIpc) is 2.78. The van der Waals surface area contributed by atoms with Gasteiger partial charge in [0.1, 0.15) is 12.7 Å². The molecule has 0 aliphatic heterocycles. The molecule has 32 heavy (non-hydrogen) atoms. The smallest absolute Gasteiger partial charge is 0.272 e. The molecule has 0 radical (unpaired) electrons. The van der Waals surface area contributed by atoms with E-state index in [9.17, 15) is 19.6 Å². The van der Waals surface area contributed by atoms with E-state index in [0.717, 1.165) is 40.8 Å². The first-order chi connectivity index (χ1) is 15.3. The number of non-ortho nitro benzene ring substituents is 1. The molecule has 1 atom stereocenters. The zero-order valence-corrected chi connectivity index (χ0v) is 18.3. The van der Waals surface area contributed by atoms with Crippen molar-refractivity contribution in [3.63, 3.8) is 0 Å². The molecule has 3 aromatic carbocycles. The molecule has 0 spiro atoms. The van der Waals surface area contributed by atoms with Crippen molar-refractivity contribution in [2.75, 3.05) is 19.7 Å². The SMILES string of the molecule is Cc1ccc(Cl)cc1-c1ccc(CCNCC(O)COc2ccc([N+](=O)[O-])cc2F)cc1. The highest BCUT2D eigenvalue weighted by Crippen LogP contribution is 2.27. The van der Waals surface area contributed by atoms with Crippen molar-refractivity contribution in [3.8, 4) is 16.9 Å². The first-order valence-electron chi connectivity index (χ1n) is 10.1. The Bertz CT molecular complexity index is 1080. The summed E-state index contributed by atoms with van der Waals surface area (Å²) in [5.74, 6) is -0.972. The van der Waals surface area contributed by atoms with Crippen LogP contribution in [0.3, 0.4) is 0 Å². The largest absolute Gasteiger partial charge is 0.488 e. The number of hydrogen-bond acceptors (Lipinski definition) is 5. The molecule has 3 rings (SSSR count). The van der Waals surface area contributed by atoms with Crippen molar-refractivity contribution < 1.29 is 19.2 Å². The third kappa shape index (κ3) is 6.50. The Hall–Kier alpha value is -3.00. The van der Waals surface area contributed by atoms with Crippen molar-refractivity contribution in [2.24, 2.45) is 0 Å². The molecule has 0 saturated heterocycles. The van der Waals surface area contributed by atoms with Crippen LogP contribution in [0.1, 0.15) is 11.1 Å². The molecule has 6 nitrogen and oxygen atoms in total. The Morgan fingerprint density at radius 3 is 2.59 bits per heavy atom. The van der Waals surface area contributed by atoms with Gasteiger partial charge in [-0.1, -0.05) is 41.9 Å². The molecule has 0 amide bonds. The highest BCUT2D eigenvalue weighted by molar-refractivity contribution is 6.30. The Labute approximate surface area is 190 Å². The van der Waals surface area contributed by atoms with Crippen LogP contribution < -0.4 is 10.1 Å². The fourth-order valence-electron chi connectivity index (χ4n) is 3.22. The summed E-state index contributed by atoms with van der Waals surface area (Å²) >= 11 is 6.11. The van der Waals surface area contributed by atoms with Crippen LogP contribution in [-0.2, 0) is 6.42 Å². The summed E-state index contributed by atoms with van der Waals surface area (Å²) < 4.78 is 19.0. The topological polar surface area (TPSA) is 84.6 Å². The number of rotatable bonds is 10. The second kappa shape index (κ2) is 11.0. The summed E-state index contributed by atoms with van der Waals surface area (Å²) in [6, 6.07) is 17.2. The molecular formula is C24H24ClFN2O4. The van der Waals surface area contributed by atoms with Gasteiger partial charge in [0.15, 0.2) is 11.6 Å². The van der Waals surface area contributed by atoms with E-state index in [0.29, 0.717) is 11.6 Å². The summed E-state index contributed by atoms with van der Waals surface area (Å²) in [5.41, 5.74) is 4.17. The van der Waals surface area contributed by atoms with Gasteiger partial charge >= 0.3 is 0 Å². The van der Waals surface area contributed by atoms with Crippen LogP contribution in [-0.4, -0.2) is 35.8 Å². The van der Waals surface area contributed by atoms with Crippen LogP contribution in [0, 0.1) is 22.9 Å². The van der Waals surface area contributed by atoms with E-state index in [4.69, 9.17) is 16.3 Å². The van der Waals surface area contributed by atoms with Crippen LogP contribution in [0.25, 0.3) is 11.1 Å². The van der Waals surface area contributed by atoms with Crippen LogP contribution in [0.4, 0.5) is 10.1 Å². The molecule has 1 unspecified atom stereocenters. The van der Waals surface area contributed by atoms with Gasteiger partial charge in [0.25, 0.3) is 5.69 Å². The quantitative estimate of drug-likeness (QED) is 0.255. The number of nitro benzene ring substituents is 1. The van der Waals surface area contributed by atoms with E-state index in [1.165, 1.54) is 6.07 Å². The lowest BCUT2D eigenvalue weighted by Gasteiger charge is -2.14. The fourth-order valence-corrected chi connectivity index (χ4v) is 3.39. The van der Waals surface area contributed by atoms with Crippen molar-refractivity contribution >= 4 is 17.3 Å². The maximum Gasteiger partial charge on any atom is 0.272 e. The summed E-state index contributed by atoms with van der Waals surface area (Å²) in [6.07, 6.45) is -0.0721. The number of aliphatic hydroxyl groups is 1. The lowest BCUT2D eigenvalue weighted by molar-refractivity contribution is -0.385. The maximum absolute atomic E-state index is 13.8. The van der Waals surface area contributed by atoms with E-state index >= 15 is 0 Å². The average molecular weight is 459 g/mol. The van der Waals surface area contributed by atoms with E-state index in [1.807, 2.05) is 18.2 Å². The molecule has 0 aromatic heterocycles. The third-order valence-electron chi connectivity index (χ3n) is 4.99. The standard InChI is InChI=1S/C24H24ClFN2O4/c1-16-2-7-19(25)12-22(16)18-5-3-17(4-6-18)10-11-27-14-21(29)15-32-24-9-8-20(28(30)31)13-23(24)26/h2-9,12-13,21,27,29H,10-11,14-15H2,1H3. The van der Waals surface area contributed by atoms with Gasteiger partial charge in [-0.3, -0.25) is 10.1 Å². The van der Waals surface area contributed by atoms with E-state index in [2.05, 4.69) is 36.5 Å². The first kappa shape index (κ1) is 23.7. The second-order valence-electron chi connectivity index (χ2n) is 7.45. The fraction of sp³-hybridized carbons (Fsp3) is 0.250. The van der Waals surface area contributed by atoms with Crippen LogP contribution in [0.15, 0.2) is 60.7 Å². The van der Waals surface area contributed by atoms with Gasteiger partial charge in [-0.05, 0) is 60.3 Å². The van der Waals surface area contributed by atoms with Gasteiger partial charge in [-0.2, -0.15) is 0 Å². The maximum atomic E-state index is 13.8. The summed E-state index contributed by atoms with van der Waals surface area (Å²) in [4.78, 5) is 9.95. The number of nitrogens with zero attached hydrogens (tertiary/aromatic N) is 1. The van der Waals surface area contributed by atoms with Crippen molar-refractivity contribution in [3.05, 3.63) is 92.7 Å². The minimum atomic E-state index is -0.849. The number of hydrogen-bond donors (Lipinski definition) is 2. The minimum Gasteiger partial charge on any atom is -0.488 e. The lowest BCUT2D eigenvalue weighted by Crippen LogP contribution is -2.32. The highest BCUT2D eigenvalue weighted by Gasteiger charge is 2.13. The zero-order chi connectivity index (χ0) is 23.1. The number of ether oxygens (including phenoxy) is 1. The molecule has 0 saturated carbocycles. The summed E-state index contributed by atoms with van der Waals surface area (Å²) in [7, 11) is 0.